The van der Waals surface area contributed by atoms with E-state index >= 15 is 0 Å². The topological polar surface area (TPSA) is 59.2 Å². The summed E-state index contributed by atoms with van der Waals surface area (Å²) in [6, 6.07) is -0.00463. The Hall–Kier alpha value is -1.40. The summed E-state index contributed by atoms with van der Waals surface area (Å²) in [6.07, 6.45) is 0. The van der Waals surface area contributed by atoms with E-state index in [9.17, 15) is 0 Å². The Morgan fingerprint density at radius 1 is 0.875 bits per heavy atom. The molecule has 1 atom stereocenters. The first-order valence-corrected chi connectivity index (χ1v) is 5.35. The minimum absolute atomic E-state index is 0.00463. The zero-order chi connectivity index (χ0) is 12.1. The highest BCUT2D eigenvalue weighted by molar-refractivity contribution is 5.03. The van der Waals surface area contributed by atoms with E-state index in [0.29, 0.717) is 0 Å². The molecule has 0 amide bonds. The van der Waals surface area contributed by atoms with E-state index in [0.717, 1.165) is 0 Å². The Morgan fingerprint density at radius 3 is 1.75 bits per heavy atom. The smallest absolute Gasteiger partial charge is 0.233 e. The monoisotopic (exact) mass is 225 g/mol. The van der Waals surface area contributed by atoms with E-state index in [1.54, 1.807) is 0 Å². The third-order valence-corrected chi connectivity index (χ3v) is 3.23. The van der Waals surface area contributed by atoms with Gasteiger partial charge in [0, 0.05) is 21.1 Å². The second-order valence-electron chi connectivity index (χ2n) is 5.41. The number of rotatable bonds is 0. The van der Waals surface area contributed by atoms with Gasteiger partial charge < -0.3 is 0 Å². The lowest BCUT2D eigenvalue weighted by molar-refractivity contribution is -0.119. The molecule has 16 heavy (non-hydrogen) atoms. The maximum Gasteiger partial charge on any atom is 0.265 e. The minimum Gasteiger partial charge on any atom is -0.233 e. The van der Waals surface area contributed by atoms with Gasteiger partial charge in [-0.25, -0.2) is 15.0 Å². The molecule has 2 aliphatic rings. The molecule has 90 valence electrons. The summed E-state index contributed by atoms with van der Waals surface area (Å²) < 4.78 is 0. The normalized spacial score (nSPS) is 27.6. The zero-order valence-electron chi connectivity index (χ0n) is 10.7. The lowest BCUT2D eigenvalue weighted by atomic mass is 9.82. The Labute approximate surface area is 95.7 Å². The first kappa shape index (κ1) is 11.1. The highest BCUT2D eigenvalue weighted by Gasteiger charge is 2.60. The van der Waals surface area contributed by atoms with Gasteiger partial charge in [-0.05, 0) is 15.9 Å². The van der Waals surface area contributed by atoms with Crippen LogP contribution in [0.1, 0.15) is 20.8 Å². The molecule has 0 fully saturated rings. The van der Waals surface area contributed by atoms with Crippen molar-refractivity contribution in [2.75, 3.05) is 21.1 Å². The first-order valence-electron chi connectivity index (χ1n) is 5.35. The lowest BCUT2D eigenvalue weighted by Crippen LogP contribution is -2.66. The average molecular weight is 225 g/mol. The summed E-state index contributed by atoms with van der Waals surface area (Å²) in [5.74, 6) is -0.502. The molecule has 0 aromatic rings. The third-order valence-electron chi connectivity index (χ3n) is 3.23. The molecule has 0 N–H and O–H groups in total. The SMILES string of the molecule is CN1N=N[C@H](C(C)(C)C)C12N(C)N=NN2C. The van der Waals surface area contributed by atoms with Crippen LogP contribution in [0.25, 0.3) is 0 Å². The largest absolute Gasteiger partial charge is 0.265 e. The van der Waals surface area contributed by atoms with Crippen molar-refractivity contribution >= 4 is 0 Å². The average Bonchev–Trinajstić information content (AvgIpc) is 2.64. The Balaban J connectivity index is 2.45. The van der Waals surface area contributed by atoms with E-state index in [1.807, 2.05) is 36.2 Å². The molecule has 7 heteroatoms. The van der Waals surface area contributed by atoms with Gasteiger partial charge in [0.15, 0.2) is 0 Å². The highest BCUT2D eigenvalue weighted by Crippen LogP contribution is 2.44. The van der Waals surface area contributed by atoms with Crippen LogP contribution in [0.2, 0.25) is 0 Å². The number of likely N-dealkylation sites (N-methyl/N-ethyl adjacent to an activating group) is 3. The van der Waals surface area contributed by atoms with Gasteiger partial charge in [-0.3, -0.25) is 0 Å². The van der Waals surface area contributed by atoms with E-state index in [2.05, 4.69) is 41.6 Å². The molecule has 0 aromatic heterocycles. The fraction of sp³-hybridized carbons (Fsp3) is 1.00. The maximum atomic E-state index is 4.37. The molecule has 0 saturated carbocycles. The molecular weight excluding hydrogens is 206 g/mol. The van der Waals surface area contributed by atoms with Crippen LogP contribution in [0.3, 0.4) is 0 Å². The van der Waals surface area contributed by atoms with Crippen molar-refractivity contribution in [3.63, 3.8) is 0 Å². The summed E-state index contributed by atoms with van der Waals surface area (Å²) in [5.41, 5.74) is -0.00778. The molecule has 2 aliphatic heterocycles. The highest BCUT2D eigenvalue weighted by atomic mass is 15.9. The standard InChI is InChI=1S/C9H19N7/c1-8(2,3)7-9(14(4)11-10-7)15(5)12-13-16(9)6/h7H,1-6H3/t7-/m1/s1. The van der Waals surface area contributed by atoms with Gasteiger partial charge >= 0.3 is 0 Å². The number of nitrogens with zero attached hydrogens (tertiary/aromatic N) is 7. The first-order chi connectivity index (χ1) is 7.31. The van der Waals surface area contributed by atoms with Crippen molar-refractivity contribution in [3.8, 4) is 0 Å². The molecule has 2 rings (SSSR count). The quantitative estimate of drug-likeness (QED) is 0.628. The van der Waals surface area contributed by atoms with E-state index < -0.39 is 5.79 Å². The molecule has 0 unspecified atom stereocenters. The van der Waals surface area contributed by atoms with Crippen molar-refractivity contribution in [2.24, 2.45) is 26.2 Å². The van der Waals surface area contributed by atoms with Crippen LogP contribution in [-0.4, -0.2) is 48.0 Å². The molecule has 0 aromatic carbocycles. The van der Waals surface area contributed by atoms with Gasteiger partial charge in [-0.1, -0.05) is 26.0 Å². The maximum absolute atomic E-state index is 4.37. The van der Waals surface area contributed by atoms with Crippen molar-refractivity contribution in [3.05, 3.63) is 0 Å². The van der Waals surface area contributed by atoms with Crippen LogP contribution in [0, 0.1) is 5.41 Å². The van der Waals surface area contributed by atoms with Gasteiger partial charge in [0.2, 0.25) is 0 Å². The molecule has 1 spiro atoms. The summed E-state index contributed by atoms with van der Waals surface area (Å²) in [7, 11) is 5.70. The summed E-state index contributed by atoms with van der Waals surface area (Å²) in [4.78, 5) is 0. The Morgan fingerprint density at radius 2 is 1.31 bits per heavy atom. The van der Waals surface area contributed by atoms with E-state index in [-0.39, 0.29) is 11.5 Å². The Kier molecular flexibility index (Phi) is 2.12. The molecule has 7 nitrogen and oxygen atoms in total. The van der Waals surface area contributed by atoms with Crippen LogP contribution in [0.4, 0.5) is 0 Å². The molecule has 2 heterocycles. The van der Waals surface area contributed by atoms with Crippen molar-refractivity contribution in [2.45, 2.75) is 32.6 Å². The van der Waals surface area contributed by atoms with Crippen LogP contribution >= 0.6 is 0 Å². The zero-order valence-corrected chi connectivity index (χ0v) is 10.7. The summed E-state index contributed by atoms with van der Waals surface area (Å²) >= 11 is 0. The summed E-state index contributed by atoms with van der Waals surface area (Å²) in [5, 5.41) is 22.2. The van der Waals surface area contributed by atoms with Crippen LogP contribution in [0.15, 0.2) is 20.8 Å². The molecule has 0 radical (unpaired) electrons. The molecular formula is C9H19N7. The third kappa shape index (κ3) is 1.14. The molecule has 0 saturated heterocycles. The van der Waals surface area contributed by atoms with Crippen LogP contribution in [-0.2, 0) is 0 Å². The van der Waals surface area contributed by atoms with Gasteiger partial charge in [0.25, 0.3) is 5.79 Å². The second-order valence-corrected chi connectivity index (χ2v) is 5.41. The van der Waals surface area contributed by atoms with E-state index in [1.165, 1.54) is 0 Å². The lowest BCUT2D eigenvalue weighted by Gasteiger charge is -2.45. The number of hydrogen-bond acceptors (Lipinski definition) is 7. The predicted octanol–water partition coefficient (Wildman–Crippen LogP) is 1.53. The summed E-state index contributed by atoms with van der Waals surface area (Å²) in [6.45, 7) is 6.45. The van der Waals surface area contributed by atoms with Gasteiger partial charge in [-0.15, -0.1) is 0 Å². The van der Waals surface area contributed by atoms with Crippen molar-refractivity contribution < 1.29 is 0 Å². The van der Waals surface area contributed by atoms with Crippen LogP contribution < -0.4 is 0 Å². The van der Waals surface area contributed by atoms with Gasteiger partial charge in [0.1, 0.15) is 6.04 Å². The van der Waals surface area contributed by atoms with E-state index in [4.69, 9.17) is 0 Å². The fourth-order valence-corrected chi connectivity index (χ4v) is 2.44. The second kappa shape index (κ2) is 3.05. The number of hydrogen-bond donors (Lipinski definition) is 0. The predicted molar refractivity (Wildman–Crippen MR) is 59.0 cm³/mol. The van der Waals surface area contributed by atoms with Gasteiger partial charge in [0.05, 0.1) is 0 Å². The molecule has 0 aliphatic carbocycles. The molecule has 0 bridgehead atoms. The Bertz CT molecular complexity index is 322. The minimum atomic E-state index is -0.502. The van der Waals surface area contributed by atoms with Crippen molar-refractivity contribution in [1.82, 2.24) is 15.0 Å². The van der Waals surface area contributed by atoms with Gasteiger partial charge in [-0.2, -0.15) is 5.11 Å². The fourth-order valence-electron chi connectivity index (χ4n) is 2.44. The van der Waals surface area contributed by atoms with Crippen LogP contribution in [0.5, 0.6) is 0 Å². The van der Waals surface area contributed by atoms with Crippen molar-refractivity contribution in [1.29, 1.82) is 0 Å².